The second-order valence-electron chi connectivity index (χ2n) is 27.2. The molecule has 4 saturated heterocycles. The van der Waals surface area contributed by atoms with E-state index in [1.54, 1.807) is 47.7 Å². The van der Waals surface area contributed by atoms with Crippen molar-refractivity contribution in [3.63, 3.8) is 0 Å². The van der Waals surface area contributed by atoms with Crippen molar-refractivity contribution in [3.05, 3.63) is 208 Å². The first-order chi connectivity index (χ1) is 57.5. The van der Waals surface area contributed by atoms with E-state index in [-0.39, 0.29) is 84.9 Å². The molecule has 676 valence electrons. The zero-order valence-corrected chi connectivity index (χ0v) is 74.1. The summed E-state index contributed by atoms with van der Waals surface area (Å²) in [6.07, 6.45) is 6.68. The summed E-state index contributed by atoms with van der Waals surface area (Å²) < 4.78 is 80.2. The average molecular weight is 1870 g/mol. The smallest absolute Gasteiger partial charge is 0.445 e. The summed E-state index contributed by atoms with van der Waals surface area (Å²) in [6, 6.07) is 0. The third-order valence-electron chi connectivity index (χ3n) is 18.0. The molecule has 49 nitrogen and oxygen atoms in total. The van der Waals surface area contributed by atoms with Gasteiger partial charge in [0.1, 0.15) is 51.3 Å². The fourth-order valence-corrected chi connectivity index (χ4v) is 11.4. The Balaban J connectivity index is 0.000000377. The van der Waals surface area contributed by atoms with Gasteiger partial charge < -0.3 is 73.6 Å². The van der Waals surface area contributed by atoms with Crippen LogP contribution < -0.4 is 136 Å². The second-order valence-corrected chi connectivity index (χ2v) is 29.3. The zero-order chi connectivity index (χ0) is 91.7. The fourth-order valence-electron chi connectivity index (χ4n) is 11.4. The molecular weight excluding hydrogens is 1760 g/mol. The number of hydrogen-bond donors (Lipinski definition) is 11. The van der Waals surface area contributed by atoms with E-state index in [9.17, 15) is 86.9 Å². The van der Waals surface area contributed by atoms with E-state index < -0.39 is 156 Å². The number of carbonyl (C=O) groups is 4. The summed E-state index contributed by atoms with van der Waals surface area (Å²) in [7, 11) is 0. The number of nitrogens with zero attached hydrogens (tertiary/aromatic N) is 10. The maximum Gasteiger partial charge on any atom is 1.00 e. The monoisotopic (exact) mass is 1870 g/mol. The number of rotatable bonds is 23. The van der Waals surface area contributed by atoms with Crippen LogP contribution in [0.2, 0.25) is 0 Å². The molecule has 10 heterocycles. The molecule has 123 heavy (non-hydrogen) atoms. The van der Waals surface area contributed by atoms with Gasteiger partial charge in [0.25, 0.3) is 33.4 Å². The molecule has 0 radical (unpaired) electrons. The number of hydroxylamine groups is 2. The predicted octanol–water partition coefficient (Wildman–Crippen LogP) is -11.8. The van der Waals surface area contributed by atoms with Crippen molar-refractivity contribution in [2.75, 3.05) is 45.9 Å². The molecule has 14 atom stereocenters. The zero-order valence-electron chi connectivity index (χ0n) is 69.9. The van der Waals surface area contributed by atoms with E-state index in [4.69, 9.17) is 62.2 Å². The number of carbonyl (C=O) groups excluding carboxylic acids is 4. The number of aliphatic hydroxyl groups excluding tert-OH is 2. The minimum Gasteiger partial charge on any atom is -0.445 e. The van der Waals surface area contributed by atoms with Gasteiger partial charge in [-0.05, 0) is 80.1 Å². The summed E-state index contributed by atoms with van der Waals surface area (Å²) in [5, 5.41) is 47.2. The average Bonchev–Trinajstić information content (AvgIpc) is 1.75. The number of aldehydes is 2. The van der Waals surface area contributed by atoms with Gasteiger partial charge in [-0.1, -0.05) is 64.5 Å². The molecule has 4 fully saturated rings. The van der Waals surface area contributed by atoms with E-state index in [2.05, 4.69) is 52.1 Å². The Morgan fingerprint density at radius 3 is 1.30 bits per heavy atom. The van der Waals surface area contributed by atoms with Crippen molar-refractivity contribution in [2.45, 2.75) is 215 Å². The fraction of sp³-hybridized carbons (Fsp3) is 0.556. The molecule has 6 aromatic rings. The normalized spacial score (nSPS) is 20.9. The van der Waals surface area contributed by atoms with Crippen LogP contribution in [0.3, 0.4) is 0 Å². The Morgan fingerprint density at radius 1 is 0.512 bits per heavy atom. The molecule has 0 spiro atoms. The molecule has 4 aliphatic rings. The van der Waals surface area contributed by atoms with Crippen molar-refractivity contribution in [1.29, 1.82) is 0 Å². The van der Waals surface area contributed by atoms with Crippen molar-refractivity contribution in [3.8, 4) is 0 Å². The second kappa shape index (κ2) is 51.9. The molecule has 4 aliphatic heterocycles. The molecule has 0 aliphatic carbocycles. The van der Waals surface area contributed by atoms with Gasteiger partial charge in [0.15, 0.2) is 43.7 Å². The first-order valence-electron chi connectivity index (χ1n) is 37.7. The summed E-state index contributed by atoms with van der Waals surface area (Å²) in [4.78, 5) is 203. The van der Waals surface area contributed by atoms with E-state index in [0.717, 1.165) is 39.1 Å². The number of aromatic nitrogens is 12. The Bertz CT molecular complexity index is 5290. The maximum absolute atomic E-state index is 12.1. The van der Waals surface area contributed by atoms with Crippen LogP contribution in [0.5, 0.6) is 0 Å². The molecule has 0 saturated carbocycles. The van der Waals surface area contributed by atoms with Crippen LogP contribution >= 0.6 is 0 Å². The minimum atomic E-state index is -5.94. The standard InChI is InChI=1S/C15H21N3O5.C13H19N3O5.C11H16N4O5.C11H17N3O3.C11H16N2O5.C11H14N2O5.IO4.Na/c1-4-6-22-15(21)17-8-11(5-2)23-12(9-17)18-7-10(3)13(19)16-14(18)20;1-4-10-6-15(21-9(3)17)7-11(20-10)16-5-8(2)12(18)14-13(16)19;1-3-8(4-12-18)20-9(5-13-19)15-6-7(2)10(16)14-11(15)17;1-3-8-4-12-5-9(17-8)14-6-7(2)10(15)13-11(14)16;1-3-6-7(14)8(15)10(18-6)13-4-5(2)9(16)12-11(13)17;1-3-8(5-14)18-9(6-15)13-4-7(2)10(16)12-11(13)17;2-1(3,4)5;/h4,7,11-12H,1,5-6,8-9H2,2-3H3,(H,16,19,20);5,10-11H,4,6-7H2,1-3H3,(H,14,18,19);4-6,8-9,18-19H,3H2,1-2H3,(H,14,16,17);6,8-9,12H,3-5H2,1-2H3,(H,13,15,16);4,6-8,10,14-15H,3H2,1-2H3,(H,12,16,17);4-6,8-9H,3H2,1-2H3,(H,12,16,17);;/q;;;;;;-1;+1/b;;12-4-,13-5-;;;;;/t;;8-,9-;;6-,7+,8?,10-;8-,9-;;/m..1.11../s1. The number of oxime groups is 2. The van der Waals surface area contributed by atoms with E-state index in [1.807, 2.05) is 27.7 Å². The number of aromatic amines is 6. The Kier molecular flexibility index (Phi) is 45.3. The number of hydrogen-bond acceptors (Lipinski definition) is 36. The summed E-state index contributed by atoms with van der Waals surface area (Å²) in [5.74, 6) is -0.421. The third kappa shape index (κ3) is 33.2. The number of nitrogens with one attached hydrogen (secondary N) is 7. The molecule has 51 heteroatoms. The number of halogens is 1. The van der Waals surface area contributed by atoms with Crippen LogP contribution in [0.25, 0.3) is 0 Å². The summed E-state index contributed by atoms with van der Waals surface area (Å²) in [5.41, 5.74) is -4.17. The van der Waals surface area contributed by atoms with Crippen molar-refractivity contribution in [2.24, 2.45) is 10.3 Å². The molecule has 1 amide bonds. The van der Waals surface area contributed by atoms with E-state index in [0.29, 0.717) is 92.1 Å². The van der Waals surface area contributed by atoms with Gasteiger partial charge in [0.05, 0.1) is 69.1 Å². The molecule has 6 aromatic heterocycles. The van der Waals surface area contributed by atoms with Gasteiger partial charge in [-0.2, -0.15) is 0 Å². The predicted molar refractivity (Wildman–Crippen MR) is 416 cm³/mol. The molecule has 0 aromatic carbocycles. The third-order valence-corrected chi connectivity index (χ3v) is 18.0. The molecule has 11 N–H and O–H groups in total. The van der Waals surface area contributed by atoms with Crippen LogP contribution in [-0.2, 0) is 52.4 Å². The Hall–Kier alpha value is -9.99. The van der Waals surface area contributed by atoms with Gasteiger partial charge in [0, 0.05) is 90.6 Å². The largest absolute Gasteiger partial charge is 1.00 e. The number of aryl methyl sites for hydroxylation is 6. The first kappa shape index (κ1) is 107. The molecular formula is C72H103IN17NaO32. The van der Waals surface area contributed by atoms with Crippen LogP contribution in [0.15, 0.2) is 118 Å². The minimum absolute atomic E-state index is 0. The van der Waals surface area contributed by atoms with Crippen molar-refractivity contribution >= 4 is 37.1 Å². The van der Waals surface area contributed by atoms with Gasteiger partial charge in [0.2, 0.25) is 0 Å². The quantitative estimate of drug-likeness (QED) is 0.00540. The van der Waals surface area contributed by atoms with E-state index in [1.165, 1.54) is 81.5 Å². The maximum atomic E-state index is 12.1. The van der Waals surface area contributed by atoms with Gasteiger partial charge >= 0.3 is 75.8 Å². The Labute approximate surface area is 725 Å². The SMILES string of the molecule is C=CCOC(=O)N1CC(CC)OC(n2cc(C)c(=O)[nH]c2=O)C1.CCC1CN(OC(C)=O)CC(n2cc(C)c(=O)[nH]c2=O)O1.CCC1CNCC(n2cc(C)c(=O)[nH]c2=O)O1.CC[C@H](/C=N\O)O[C@H](/C=N\O)n1cc(C)c(=O)[nH]c1=O.CC[C@H](C=O)O[C@H](C=O)n1cc(C)c(=O)[nH]c1=O.CC[C@H]1O[C@@H](n2cc(C)c(=O)[nH]c2=O)C(O)[C@H]1O.[Na+].[O-][I+3]([O-])([O-])[O-]. The Morgan fingerprint density at radius 2 is 0.902 bits per heavy atom. The van der Waals surface area contributed by atoms with Gasteiger partial charge in [-0.3, -0.25) is 109 Å². The summed E-state index contributed by atoms with van der Waals surface area (Å²) in [6.45, 7) is 28.2. The number of morpholine rings is 3. The van der Waals surface area contributed by atoms with Crippen LogP contribution in [0.4, 0.5) is 4.79 Å². The topological polar surface area (TPSA) is 688 Å². The molecule has 10 rings (SSSR count). The molecule has 7 unspecified atom stereocenters. The first-order valence-corrected chi connectivity index (χ1v) is 41.3. The number of amides is 1. The molecule has 0 bridgehead atoms. The van der Waals surface area contributed by atoms with Crippen molar-refractivity contribution < 1.29 is 141 Å². The van der Waals surface area contributed by atoms with Gasteiger partial charge in [-0.25, -0.2) is 33.6 Å². The van der Waals surface area contributed by atoms with Crippen LogP contribution in [0.1, 0.15) is 158 Å². The number of aliphatic hydroxyl groups is 2. The van der Waals surface area contributed by atoms with E-state index >= 15 is 0 Å². The van der Waals surface area contributed by atoms with Crippen molar-refractivity contribution in [1.82, 2.24) is 72.6 Å². The van der Waals surface area contributed by atoms with Gasteiger partial charge in [-0.15, -0.1) is 5.06 Å². The van der Waals surface area contributed by atoms with Crippen LogP contribution in [0, 0.1) is 41.5 Å². The van der Waals surface area contributed by atoms with Crippen LogP contribution in [-0.4, -0.2) is 220 Å². The number of H-pyrrole nitrogens is 6. The summed E-state index contributed by atoms with van der Waals surface area (Å²) >= 11 is -5.94. The number of ether oxygens (including phenoxy) is 7.